The van der Waals surface area contributed by atoms with E-state index in [1.54, 1.807) is 12.3 Å². The van der Waals surface area contributed by atoms with Gasteiger partial charge in [0.2, 0.25) is 0 Å². The van der Waals surface area contributed by atoms with E-state index in [0.717, 1.165) is 5.56 Å². The normalized spacial score (nSPS) is 13.3. The first-order valence-corrected chi connectivity index (χ1v) is 4.01. The second-order valence-corrected chi connectivity index (χ2v) is 3.20. The summed E-state index contributed by atoms with van der Waals surface area (Å²) >= 11 is 0. The van der Waals surface area contributed by atoms with Crippen LogP contribution in [-0.4, -0.2) is 10.1 Å². The molecule has 0 aliphatic carbocycles. The van der Waals surface area contributed by atoms with Crippen LogP contribution in [0.4, 0.5) is 0 Å². The number of aromatic nitrogens is 1. The smallest absolute Gasteiger partial charge is 0.138 e. The highest BCUT2D eigenvalue weighted by molar-refractivity contribution is 5.31. The zero-order valence-corrected chi connectivity index (χ0v) is 7.36. The first-order chi connectivity index (χ1) is 5.63. The molecule has 12 heavy (non-hydrogen) atoms. The molecule has 0 saturated heterocycles. The lowest BCUT2D eigenvalue weighted by Gasteiger charge is -2.16. The number of hydrogen-bond acceptors (Lipinski definition) is 3. The van der Waals surface area contributed by atoms with Gasteiger partial charge in [-0.2, -0.15) is 0 Å². The molecule has 1 aromatic heterocycles. The van der Waals surface area contributed by atoms with Gasteiger partial charge in [-0.05, 0) is 12.0 Å². The van der Waals surface area contributed by atoms with Crippen molar-refractivity contribution in [2.75, 3.05) is 0 Å². The van der Waals surface area contributed by atoms with Crippen LogP contribution in [0.3, 0.4) is 0 Å². The minimum absolute atomic E-state index is 0.118. The standard InChI is InChI=1S/C9H14N2O/c1-6(2)9(10)7-3-4-11-5-8(7)12/h3-6,9,12H,10H2,1-2H3. The number of hydrogen-bond donors (Lipinski definition) is 2. The Morgan fingerprint density at radius 2 is 2.17 bits per heavy atom. The maximum absolute atomic E-state index is 9.39. The van der Waals surface area contributed by atoms with Crippen molar-refractivity contribution in [2.45, 2.75) is 19.9 Å². The Morgan fingerprint density at radius 1 is 1.50 bits per heavy atom. The van der Waals surface area contributed by atoms with Crippen LogP contribution in [0, 0.1) is 5.92 Å². The molecule has 0 saturated carbocycles. The van der Waals surface area contributed by atoms with E-state index in [1.165, 1.54) is 6.20 Å². The zero-order valence-electron chi connectivity index (χ0n) is 7.36. The molecule has 3 N–H and O–H groups in total. The van der Waals surface area contributed by atoms with Crippen LogP contribution in [0.15, 0.2) is 18.5 Å². The summed E-state index contributed by atoms with van der Waals surface area (Å²) in [4.78, 5) is 3.78. The molecular formula is C9H14N2O. The Kier molecular flexibility index (Phi) is 2.65. The second kappa shape index (κ2) is 3.54. The Labute approximate surface area is 72.2 Å². The van der Waals surface area contributed by atoms with Gasteiger partial charge in [-0.15, -0.1) is 0 Å². The fourth-order valence-electron chi connectivity index (χ4n) is 1.04. The van der Waals surface area contributed by atoms with Gasteiger partial charge in [0.1, 0.15) is 5.75 Å². The lowest BCUT2D eigenvalue weighted by atomic mass is 9.97. The summed E-state index contributed by atoms with van der Waals surface area (Å²) in [5.41, 5.74) is 6.61. The molecule has 0 bridgehead atoms. The van der Waals surface area contributed by atoms with Crippen molar-refractivity contribution >= 4 is 0 Å². The molecule has 1 atom stereocenters. The van der Waals surface area contributed by atoms with Gasteiger partial charge in [0.15, 0.2) is 0 Å². The van der Waals surface area contributed by atoms with Gasteiger partial charge < -0.3 is 10.8 Å². The monoisotopic (exact) mass is 166 g/mol. The Balaban J connectivity index is 2.94. The maximum atomic E-state index is 9.39. The summed E-state index contributed by atoms with van der Waals surface area (Å²) in [6.45, 7) is 4.04. The zero-order chi connectivity index (χ0) is 9.14. The van der Waals surface area contributed by atoms with E-state index in [2.05, 4.69) is 4.98 Å². The van der Waals surface area contributed by atoms with Gasteiger partial charge in [0.25, 0.3) is 0 Å². The van der Waals surface area contributed by atoms with Crippen molar-refractivity contribution in [1.29, 1.82) is 0 Å². The Bertz CT molecular complexity index is 260. The molecule has 1 aromatic rings. The number of pyridine rings is 1. The molecule has 0 radical (unpaired) electrons. The third-order valence-electron chi connectivity index (χ3n) is 1.91. The van der Waals surface area contributed by atoms with Crippen LogP contribution in [0.25, 0.3) is 0 Å². The molecule has 0 aromatic carbocycles. The number of nitrogens with zero attached hydrogens (tertiary/aromatic N) is 1. The van der Waals surface area contributed by atoms with Gasteiger partial charge in [-0.25, -0.2) is 0 Å². The number of rotatable bonds is 2. The molecule has 0 amide bonds. The highest BCUT2D eigenvalue weighted by Crippen LogP contribution is 2.25. The molecule has 0 aliphatic rings. The van der Waals surface area contributed by atoms with Crippen molar-refractivity contribution in [3.63, 3.8) is 0 Å². The summed E-state index contributed by atoms with van der Waals surface area (Å²) < 4.78 is 0. The molecular weight excluding hydrogens is 152 g/mol. The third-order valence-corrected chi connectivity index (χ3v) is 1.91. The topological polar surface area (TPSA) is 59.1 Å². The SMILES string of the molecule is CC(C)C(N)c1ccncc1O. The average Bonchev–Trinajstić information content (AvgIpc) is 2.04. The fourth-order valence-corrected chi connectivity index (χ4v) is 1.04. The number of aromatic hydroxyl groups is 1. The van der Waals surface area contributed by atoms with E-state index >= 15 is 0 Å². The molecule has 1 rings (SSSR count). The first kappa shape index (κ1) is 9.00. The van der Waals surface area contributed by atoms with Crippen LogP contribution < -0.4 is 5.73 Å². The van der Waals surface area contributed by atoms with E-state index in [1.807, 2.05) is 13.8 Å². The van der Waals surface area contributed by atoms with Gasteiger partial charge >= 0.3 is 0 Å². The van der Waals surface area contributed by atoms with Crippen LogP contribution in [0.2, 0.25) is 0 Å². The molecule has 0 fully saturated rings. The van der Waals surface area contributed by atoms with Crippen molar-refractivity contribution in [1.82, 2.24) is 4.98 Å². The van der Waals surface area contributed by atoms with E-state index in [9.17, 15) is 5.11 Å². The predicted octanol–water partition coefficient (Wildman–Crippen LogP) is 1.44. The summed E-state index contributed by atoms with van der Waals surface area (Å²) in [5.74, 6) is 0.497. The Hall–Kier alpha value is -1.09. The predicted molar refractivity (Wildman–Crippen MR) is 47.7 cm³/mol. The molecule has 3 heteroatoms. The highest BCUT2D eigenvalue weighted by Gasteiger charge is 2.13. The summed E-state index contributed by atoms with van der Waals surface area (Å²) in [6.07, 6.45) is 3.05. The van der Waals surface area contributed by atoms with Gasteiger partial charge in [-0.1, -0.05) is 13.8 Å². The summed E-state index contributed by atoms with van der Waals surface area (Å²) in [5, 5.41) is 9.39. The lowest BCUT2D eigenvalue weighted by molar-refractivity contribution is 0.437. The van der Waals surface area contributed by atoms with Gasteiger partial charge in [0, 0.05) is 17.8 Å². The lowest BCUT2D eigenvalue weighted by Crippen LogP contribution is -2.16. The minimum Gasteiger partial charge on any atom is -0.506 e. The fraction of sp³-hybridized carbons (Fsp3) is 0.444. The van der Waals surface area contributed by atoms with E-state index in [0.29, 0.717) is 5.92 Å². The van der Waals surface area contributed by atoms with E-state index in [4.69, 9.17) is 5.73 Å². The third kappa shape index (κ3) is 1.74. The minimum atomic E-state index is -0.118. The van der Waals surface area contributed by atoms with Gasteiger partial charge in [0.05, 0.1) is 6.20 Å². The van der Waals surface area contributed by atoms with Crippen LogP contribution in [-0.2, 0) is 0 Å². The molecule has 0 spiro atoms. The first-order valence-electron chi connectivity index (χ1n) is 4.01. The van der Waals surface area contributed by atoms with Crippen LogP contribution in [0.1, 0.15) is 25.5 Å². The molecule has 1 heterocycles. The summed E-state index contributed by atoms with van der Waals surface area (Å²) in [7, 11) is 0. The average molecular weight is 166 g/mol. The number of nitrogens with two attached hydrogens (primary N) is 1. The molecule has 66 valence electrons. The molecule has 0 aliphatic heterocycles. The van der Waals surface area contributed by atoms with Gasteiger partial charge in [-0.3, -0.25) is 4.98 Å². The van der Waals surface area contributed by atoms with Crippen LogP contribution >= 0.6 is 0 Å². The largest absolute Gasteiger partial charge is 0.506 e. The summed E-state index contributed by atoms with van der Waals surface area (Å²) in [6, 6.07) is 1.63. The van der Waals surface area contributed by atoms with Crippen LogP contribution in [0.5, 0.6) is 5.75 Å². The van der Waals surface area contributed by atoms with Crippen molar-refractivity contribution < 1.29 is 5.11 Å². The second-order valence-electron chi connectivity index (χ2n) is 3.20. The quantitative estimate of drug-likeness (QED) is 0.699. The maximum Gasteiger partial charge on any atom is 0.138 e. The van der Waals surface area contributed by atoms with E-state index < -0.39 is 0 Å². The van der Waals surface area contributed by atoms with E-state index in [-0.39, 0.29) is 11.8 Å². The highest BCUT2D eigenvalue weighted by atomic mass is 16.3. The molecule has 3 nitrogen and oxygen atoms in total. The van der Waals surface area contributed by atoms with Crippen molar-refractivity contribution in [2.24, 2.45) is 11.7 Å². The van der Waals surface area contributed by atoms with Crippen molar-refractivity contribution in [3.05, 3.63) is 24.0 Å². The van der Waals surface area contributed by atoms with Crippen molar-refractivity contribution in [3.8, 4) is 5.75 Å². The molecule has 1 unspecified atom stereocenters. The Morgan fingerprint density at radius 3 is 2.67 bits per heavy atom.